The minimum atomic E-state index is -0.196. The van der Waals surface area contributed by atoms with Crippen molar-refractivity contribution < 1.29 is 23.8 Å². The van der Waals surface area contributed by atoms with Gasteiger partial charge in [0.05, 0.1) is 12.4 Å². The summed E-state index contributed by atoms with van der Waals surface area (Å²) in [5.74, 6) is 4.89. The molecule has 10 atom stereocenters. The van der Waals surface area contributed by atoms with Crippen LogP contribution in [0.15, 0.2) is 11.3 Å². The highest BCUT2D eigenvalue weighted by molar-refractivity contribution is 5.66. The number of hydrogen-bond acceptors (Lipinski definition) is 5. The monoisotopic (exact) mass is 500 g/mol. The van der Waals surface area contributed by atoms with Gasteiger partial charge in [-0.2, -0.15) is 0 Å². The molecule has 0 aromatic heterocycles. The molecular formula is C31H48O5. The molecule has 0 saturated heterocycles. The van der Waals surface area contributed by atoms with E-state index in [-0.39, 0.29) is 18.0 Å². The first-order valence-corrected chi connectivity index (χ1v) is 14.7. The molecule has 202 valence electrons. The van der Waals surface area contributed by atoms with Crippen LogP contribution < -0.4 is 0 Å². The van der Waals surface area contributed by atoms with Crippen LogP contribution in [0.25, 0.3) is 0 Å². The van der Waals surface area contributed by atoms with Crippen molar-refractivity contribution >= 4 is 11.9 Å². The zero-order chi connectivity index (χ0) is 25.8. The Kier molecular flexibility index (Phi) is 7.00. The van der Waals surface area contributed by atoms with Crippen molar-refractivity contribution in [2.75, 3.05) is 6.61 Å². The van der Waals surface area contributed by atoms with Crippen molar-refractivity contribution in [2.45, 2.75) is 118 Å². The van der Waals surface area contributed by atoms with Crippen LogP contribution in [0, 0.1) is 46.3 Å². The van der Waals surface area contributed by atoms with E-state index < -0.39 is 0 Å². The van der Waals surface area contributed by atoms with E-state index in [1.807, 2.05) is 0 Å². The molecule has 6 unspecified atom stereocenters. The lowest BCUT2D eigenvalue weighted by Crippen LogP contribution is -2.54. The summed E-state index contributed by atoms with van der Waals surface area (Å²) in [7, 11) is 0. The van der Waals surface area contributed by atoms with E-state index in [4.69, 9.17) is 14.2 Å². The Labute approximate surface area is 218 Å². The summed E-state index contributed by atoms with van der Waals surface area (Å²) in [5, 5.41) is 0. The van der Waals surface area contributed by atoms with Gasteiger partial charge in [0.2, 0.25) is 0 Å². The zero-order valence-electron chi connectivity index (χ0n) is 23.4. The molecular weight excluding hydrogens is 452 g/mol. The third kappa shape index (κ3) is 4.41. The van der Waals surface area contributed by atoms with Crippen molar-refractivity contribution in [3.05, 3.63) is 11.3 Å². The van der Waals surface area contributed by atoms with Gasteiger partial charge in [-0.05, 0) is 111 Å². The Morgan fingerprint density at radius 1 is 1.00 bits per heavy atom. The molecule has 5 aliphatic rings. The van der Waals surface area contributed by atoms with Crippen LogP contribution in [0.3, 0.4) is 0 Å². The molecule has 1 heterocycles. The molecule has 1 aliphatic heterocycles. The van der Waals surface area contributed by atoms with Crippen LogP contribution in [-0.4, -0.2) is 30.8 Å². The Balaban J connectivity index is 1.26. The fourth-order valence-electron chi connectivity index (χ4n) is 9.86. The average Bonchev–Trinajstić information content (AvgIpc) is 3.29. The Morgan fingerprint density at radius 2 is 1.75 bits per heavy atom. The topological polar surface area (TPSA) is 61.8 Å². The number of fused-ring (bicyclic) bond motifs is 7. The molecule has 0 radical (unpaired) electrons. The second-order valence-electron chi connectivity index (χ2n) is 13.6. The summed E-state index contributed by atoms with van der Waals surface area (Å²) in [6.45, 7) is 13.2. The largest absolute Gasteiger partial charge is 0.494 e. The standard InChI is InChI=1S/C31H48O5/c1-18(17-34-20(3)32)7-10-27-19(2)29-28(36-27)16-26-24-9-8-22-15-23(35-21(4)33)11-13-30(22,5)25(24)12-14-31(26,29)6/h18,22-26,28-29H,7-17H2,1-6H3/t18?,22?,23-,24?,25?,26?,28-,29?,30-,31-/m0/s1. The van der Waals surface area contributed by atoms with Crippen molar-refractivity contribution in [1.82, 2.24) is 0 Å². The molecule has 0 spiro atoms. The van der Waals surface area contributed by atoms with Gasteiger partial charge in [0, 0.05) is 26.2 Å². The minimum Gasteiger partial charge on any atom is -0.494 e. The first-order chi connectivity index (χ1) is 17.0. The maximum Gasteiger partial charge on any atom is 0.302 e. The van der Waals surface area contributed by atoms with Crippen LogP contribution in [0.2, 0.25) is 0 Å². The molecule has 0 amide bonds. The predicted octanol–water partition coefficient (Wildman–Crippen LogP) is 6.84. The van der Waals surface area contributed by atoms with E-state index in [0.29, 0.717) is 41.3 Å². The van der Waals surface area contributed by atoms with Gasteiger partial charge in [0.1, 0.15) is 12.2 Å². The smallest absolute Gasteiger partial charge is 0.302 e. The molecule has 4 aliphatic carbocycles. The van der Waals surface area contributed by atoms with Crippen LogP contribution >= 0.6 is 0 Å². The molecule has 0 N–H and O–H groups in total. The van der Waals surface area contributed by atoms with Gasteiger partial charge in [-0.25, -0.2) is 0 Å². The van der Waals surface area contributed by atoms with E-state index in [2.05, 4.69) is 27.7 Å². The van der Waals surface area contributed by atoms with Gasteiger partial charge in [-0.15, -0.1) is 0 Å². The molecule has 5 rings (SSSR count). The molecule has 4 fully saturated rings. The summed E-state index contributed by atoms with van der Waals surface area (Å²) in [6.07, 6.45) is 12.2. The highest BCUT2D eigenvalue weighted by Gasteiger charge is 2.64. The fourth-order valence-corrected chi connectivity index (χ4v) is 9.86. The van der Waals surface area contributed by atoms with Crippen LogP contribution in [0.1, 0.15) is 106 Å². The minimum absolute atomic E-state index is 0.120. The van der Waals surface area contributed by atoms with E-state index >= 15 is 0 Å². The average molecular weight is 501 g/mol. The summed E-state index contributed by atoms with van der Waals surface area (Å²) in [6, 6.07) is 0. The van der Waals surface area contributed by atoms with E-state index in [1.54, 1.807) is 6.92 Å². The van der Waals surface area contributed by atoms with Gasteiger partial charge in [0.25, 0.3) is 0 Å². The van der Waals surface area contributed by atoms with Gasteiger partial charge in [0.15, 0.2) is 0 Å². The van der Waals surface area contributed by atoms with Gasteiger partial charge in [-0.3, -0.25) is 9.59 Å². The lowest BCUT2D eigenvalue weighted by Gasteiger charge is -2.61. The number of hydrogen-bond donors (Lipinski definition) is 0. The molecule has 4 saturated carbocycles. The summed E-state index contributed by atoms with van der Waals surface area (Å²) in [4.78, 5) is 22.7. The molecule has 5 heteroatoms. The summed E-state index contributed by atoms with van der Waals surface area (Å²) in [5.41, 5.74) is 2.25. The summed E-state index contributed by atoms with van der Waals surface area (Å²) < 4.78 is 17.6. The van der Waals surface area contributed by atoms with Gasteiger partial charge >= 0.3 is 11.9 Å². The number of carbonyl (C=O) groups is 2. The van der Waals surface area contributed by atoms with Crippen LogP contribution in [0.5, 0.6) is 0 Å². The van der Waals surface area contributed by atoms with E-state index in [9.17, 15) is 9.59 Å². The number of rotatable bonds is 6. The zero-order valence-corrected chi connectivity index (χ0v) is 23.4. The highest BCUT2D eigenvalue weighted by atomic mass is 16.5. The van der Waals surface area contributed by atoms with E-state index in [0.717, 1.165) is 43.4 Å². The second kappa shape index (κ2) is 9.66. The van der Waals surface area contributed by atoms with Crippen molar-refractivity contribution in [3.63, 3.8) is 0 Å². The molecule has 36 heavy (non-hydrogen) atoms. The van der Waals surface area contributed by atoms with Crippen molar-refractivity contribution in [3.8, 4) is 0 Å². The van der Waals surface area contributed by atoms with Gasteiger partial charge in [-0.1, -0.05) is 20.8 Å². The SMILES string of the molecule is CC(=O)OCC(C)CCC1=C(C)C2[C@H](CC3C4CCC5C[C@@H](OC(C)=O)CC[C@]5(C)C4CC[C@@]32C)O1. The Hall–Kier alpha value is -1.52. The number of allylic oxidation sites excluding steroid dienone is 1. The summed E-state index contributed by atoms with van der Waals surface area (Å²) >= 11 is 0. The third-order valence-electron chi connectivity index (χ3n) is 11.6. The number of esters is 2. The Morgan fingerprint density at radius 3 is 2.47 bits per heavy atom. The fraction of sp³-hybridized carbons (Fsp3) is 0.871. The molecule has 0 aromatic carbocycles. The van der Waals surface area contributed by atoms with Crippen molar-refractivity contribution in [2.24, 2.45) is 46.3 Å². The molecule has 0 bridgehead atoms. The van der Waals surface area contributed by atoms with Crippen LogP contribution in [-0.2, 0) is 23.8 Å². The lowest BCUT2D eigenvalue weighted by atomic mass is 9.44. The first kappa shape index (κ1) is 26.1. The maximum atomic E-state index is 11.6. The van der Waals surface area contributed by atoms with Crippen molar-refractivity contribution in [1.29, 1.82) is 0 Å². The molecule has 5 nitrogen and oxygen atoms in total. The maximum absolute atomic E-state index is 11.6. The predicted molar refractivity (Wildman–Crippen MR) is 139 cm³/mol. The number of ether oxygens (including phenoxy) is 3. The number of carbonyl (C=O) groups excluding carboxylic acids is 2. The highest BCUT2D eigenvalue weighted by Crippen LogP contribution is 2.69. The van der Waals surface area contributed by atoms with E-state index in [1.165, 1.54) is 56.8 Å². The van der Waals surface area contributed by atoms with Crippen LogP contribution in [0.4, 0.5) is 0 Å². The third-order valence-corrected chi connectivity index (χ3v) is 11.6. The molecule has 0 aromatic rings. The lowest BCUT2D eigenvalue weighted by molar-refractivity contribution is -0.159. The van der Waals surface area contributed by atoms with Gasteiger partial charge < -0.3 is 14.2 Å². The Bertz CT molecular complexity index is 909. The first-order valence-electron chi connectivity index (χ1n) is 14.7. The quantitative estimate of drug-likeness (QED) is 0.374. The second-order valence-corrected chi connectivity index (χ2v) is 13.6. The normalized spacial score (nSPS) is 44.0.